The Morgan fingerprint density at radius 1 is 0.750 bits per heavy atom. The second-order valence-corrected chi connectivity index (χ2v) is 0. The Morgan fingerprint density at radius 3 is 0.750 bits per heavy atom. The van der Waals surface area contributed by atoms with Gasteiger partial charge in [-0.25, -0.2) is 0 Å². The Morgan fingerprint density at radius 2 is 0.750 bits per heavy atom. The van der Waals surface area contributed by atoms with E-state index in [0.29, 0.717) is 0 Å². The van der Waals surface area contributed by atoms with Gasteiger partial charge in [0, 0.05) is 0 Å². The van der Waals surface area contributed by atoms with Gasteiger partial charge in [0.05, 0.1) is 0 Å². The summed E-state index contributed by atoms with van der Waals surface area (Å²) < 4.78 is 0. The van der Waals surface area contributed by atoms with E-state index in [9.17, 15) is 0 Å². The molecular weight excluding hydrogens is 256 g/mol. The van der Waals surface area contributed by atoms with E-state index in [1.807, 2.05) is 0 Å². The first-order valence-electron chi connectivity index (χ1n) is 0. The van der Waals surface area contributed by atoms with E-state index in [-0.39, 0.29) is 106 Å². The molecule has 0 aliphatic heterocycles. The van der Waals surface area contributed by atoms with Crippen LogP contribution < -0.4 is 0 Å². The summed E-state index contributed by atoms with van der Waals surface area (Å²) >= 11 is 0. The van der Waals surface area contributed by atoms with Crippen LogP contribution in [-0.4, -0.2) is 68.9 Å². The molecule has 0 aromatic carbocycles. The molecule has 0 aromatic heterocycles. The van der Waals surface area contributed by atoms with Gasteiger partial charge in [-0.15, -0.1) is 0 Å². The molecule has 0 heterocycles. The van der Waals surface area contributed by atoms with Gasteiger partial charge in [0.1, 0.15) is 0 Å². The van der Waals surface area contributed by atoms with Gasteiger partial charge >= 0.3 is 95.1 Å². The van der Waals surface area contributed by atoms with E-state index < -0.39 is 0 Å². The molecule has 0 saturated heterocycles. The fraction of sp³-hybridized carbons (Fsp3) is 0. The van der Waals surface area contributed by atoms with E-state index in [1.165, 1.54) is 0 Å². The van der Waals surface area contributed by atoms with E-state index in [1.54, 1.807) is 0 Å². The quantitative estimate of drug-likeness (QED) is 0.540. The Kier molecular flexibility index (Phi) is 122. The van der Waals surface area contributed by atoms with Gasteiger partial charge in [-0.05, 0) is 0 Å². The monoisotopic (exact) mass is 256 g/mol. The first-order valence-corrected chi connectivity index (χ1v) is 0. The van der Waals surface area contributed by atoms with Crippen LogP contribution in [0.4, 0.5) is 0 Å². The molecule has 0 spiro atoms. The van der Waals surface area contributed by atoms with Gasteiger partial charge in [-0.3, -0.25) is 0 Å². The normalized spacial score (nSPS) is 0. The van der Waals surface area contributed by atoms with Crippen LogP contribution >= 0.6 is 0 Å². The predicted octanol–water partition coefficient (Wildman–Crippen LogP) is -0.889. The Hall–Kier alpha value is 2.86. The zero-order valence-electron chi connectivity index (χ0n) is 1.32. The summed E-state index contributed by atoms with van der Waals surface area (Å²) in [5.41, 5.74) is 0. The minimum Gasteiger partial charge on any atom is -2.00 e. The topological polar surface area (TPSA) is 57.0 Å². The predicted molar refractivity (Wildman–Crippen MR) is 8.52 cm³/mol. The molecule has 4 heavy (non-hydrogen) atoms. The second-order valence-electron chi connectivity index (χ2n) is 0. The Balaban J connectivity index is 0. The Labute approximate surface area is 103 Å². The van der Waals surface area contributed by atoms with Gasteiger partial charge in [0.25, 0.3) is 0 Å². The fourth-order valence-corrected chi connectivity index (χ4v) is 0. The Bertz CT molecular complexity index is 6.00. The largest absolute Gasteiger partial charge is 4.00 e. The van der Waals surface area contributed by atoms with Crippen molar-refractivity contribution in [1.29, 1.82) is 0 Å². The molecular formula is HCsO2Zr. The average Bonchev–Trinajstić information content (AvgIpc) is 0. The molecule has 0 rings (SSSR count). The number of hydrogen-bond acceptors (Lipinski definition) is 0. The third-order valence-electron chi connectivity index (χ3n) is 0. The fourth-order valence-electron chi connectivity index (χ4n) is 0. The molecule has 2 nitrogen and oxygen atoms in total. The molecule has 0 radical (unpaired) electrons. The molecule has 0 unspecified atom stereocenters. The van der Waals surface area contributed by atoms with E-state index >= 15 is 0 Å². The van der Waals surface area contributed by atoms with Crippen molar-refractivity contribution in [3.63, 3.8) is 0 Å². The maximum atomic E-state index is 0. The summed E-state index contributed by atoms with van der Waals surface area (Å²) in [7, 11) is 0. The first-order chi connectivity index (χ1) is 0. The molecule has 0 fully saturated rings. The van der Waals surface area contributed by atoms with Gasteiger partial charge in [-0.1, -0.05) is 0 Å². The molecule has 4 heteroatoms. The number of rotatable bonds is 0. The van der Waals surface area contributed by atoms with Crippen molar-refractivity contribution in [3.8, 4) is 0 Å². The molecule has 0 amide bonds. The minimum absolute atomic E-state index is 0. The maximum Gasteiger partial charge on any atom is 4.00 e. The van der Waals surface area contributed by atoms with Crippen molar-refractivity contribution in [2.75, 3.05) is 0 Å². The summed E-state index contributed by atoms with van der Waals surface area (Å²) in [5.74, 6) is 0. The molecule has 0 atom stereocenters. The van der Waals surface area contributed by atoms with Crippen LogP contribution in [0, 0.1) is 0 Å². The molecule has 18 valence electrons. The molecule has 0 N–H and O–H groups in total. The summed E-state index contributed by atoms with van der Waals surface area (Å²) in [5, 5.41) is 0. The standard InChI is InChI=1S/Cs.2O.Zr.H/q;2*-2;+4;. The van der Waals surface area contributed by atoms with Crippen LogP contribution in [0.15, 0.2) is 0 Å². The van der Waals surface area contributed by atoms with Gasteiger partial charge < -0.3 is 11.0 Å². The summed E-state index contributed by atoms with van der Waals surface area (Å²) in [4.78, 5) is 0. The van der Waals surface area contributed by atoms with Gasteiger partial charge in [0.15, 0.2) is 0 Å². The summed E-state index contributed by atoms with van der Waals surface area (Å²) in [6.45, 7) is 0. The third kappa shape index (κ3) is 8.85. The van der Waals surface area contributed by atoms with Crippen molar-refractivity contribution in [1.82, 2.24) is 0 Å². The molecule has 0 aromatic rings. The average molecular weight is 257 g/mol. The van der Waals surface area contributed by atoms with Crippen molar-refractivity contribution in [2.24, 2.45) is 0 Å². The van der Waals surface area contributed by atoms with Crippen molar-refractivity contribution >= 4 is 68.9 Å². The summed E-state index contributed by atoms with van der Waals surface area (Å²) in [6, 6.07) is 0. The van der Waals surface area contributed by atoms with E-state index in [2.05, 4.69) is 0 Å². The molecule has 0 saturated carbocycles. The zero-order chi connectivity index (χ0) is 0. The van der Waals surface area contributed by atoms with Crippen LogP contribution in [0.2, 0.25) is 0 Å². The molecule has 0 aliphatic carbocycles. The summed E-state index contributed by atoms with van der Waals surface area (Å²) in [6.07, 6.45) is 0. The molecule has 0 aliphatic rings. The van der Waals surface area contributed by atoms with Crippen molar-refractivity contribution < 1.29 is 37.2 Å². The van der Waals surface area contributed by atoms with Crippen LogP contribution in [0.1, 0.15) is 0 Å². The van der Waals surface area contributed by atoms with Crippen molar-refractivity contribution in [3.05, 3.63) is 0 Å². The van der Waals surface area contributed by atoms with E-state index in [0.717, 1.165) is 0 Å². The minimum atomic E-state index is 0. The van der Waals surface area contributed by atoms with Gasteiger partial charge in [-0.2, -0.15) is 0 Å². The van der Waals surface area contributed by atoms with Crippen LogP contribution in [0.3, 0.4) is 0 Å². The smallest absolute Gasteiger partial charge is 2.00 e. The van der Waals surface area contributed by atoms with Gasteiger partial charge in [0.2, 0.25) is 0 Å². The number of hydrogen-bond donors (Lipinski definition) is 0. The third-order valence-corrected chi connectivity index (χ3v) is 0. The SMILES string of the molecule is [CsH].[O-2].[O-2].[Zr+4]. The molecule has 0 bridgehead atoms. The van der Waals surface area contributed by atoms with Crippen molar-refractivity contribution in [2.45, 2.75) is 0 Å². The van der Waals surface area contributed by atoms with Crippen LogP contribution in [0.25, 0.3) is 0 Å². The maximum absolute atomic E-state index is 0. The van der Waals surface area contributed by atoms with E-state index in [4.69, 9.17) is 0 Å². The second kappa shape index (κ2) is 16.9. The zero-order valence-corrected chi connectivity index (χ0v) is 3.77. The van der Waals surface area contributed by atoms with Crippen LogP contribution in [-0.2, 0) is 37.2 Å². The van der Waals surface area contributed by atoms with Crippen LogP contribution in [0.5, 0.6) is 0 Å². The first kappa shape index (κ1) is 28.8.